The first-order chi connectivity index (χ1) is 7.79. The standard InChI is InChI=1S/C13H17BrN2/c14-10-2-5-11(6-3-10)16-12-4-1-9(7-12)13(16)8-15/h2-3,5-6,9,12-13H,1,4,7-8,15H2. The first kappa shape index (κ1) is 10.6. The maximum Gasteiger partial charge on any atom is 0.0444 e. The van der Waals surface area contributed by atoms with Gasteiger partial charge in [0.2, 0.25) is 0 Å². The molecule has 1 aliphatic heterocycles. The fourth-order valence-corrected chi connectivity index (χ4v) is 3.68. The number of hydrogen-bond donors (Lipinski definition) is 1. The Bertz CT molecular complexity index is 376. The highest BCUT2D eigenvalue weighted by molar-refractivity contribution is 9.10. The molecule has 2 aliphatic rings. The first-order valence-corrected chi connectivity index (χ1v) is 6.83. The molecule has 2 nitrogen and oxygen atoms in total. The van der Waals surface area contributed by atoms with E-state index < -0.39 is 0 Å². The predicted molar refractivity (Wildman–Crippen MR) is 70.6 cm³/mol. The van der Waals surface area contributed by atoms with Crippen molar-refractivity contribution < 1.29 is 0 Å². The maximum absolute atomic E-state index is 5.93. The van der Waals surface area contributed by atoms with Gasteiger partial charge >= 0.3 is 0 Å². The van der Waals surface area contributed by atoms with E-state index in [1.807, 2.05) is 0 Å². The van der Waals surface area contributed by atoms with Crippen molar-refractivity contribution in [2.24, 2.45) is 11.7 Å². The topological polar surface area (TPSA) is 29.3 Å². The number of nitrogens with zero attached hydrogens (tertiary/aromatic N) is 1. The van der Waals surface area contributed by atoms with Crippen molar-refractivity contribution in [3.05, 3.63) is 28.7 Å². The van der Waals surface area contributed by atoms with Crippen LogP contribution in [0, 0.1) is 5.92 Å². The minimum absolute atomic E-state index is 0.569. The molecule has 3 unspecified atom stereocenters. The molecule has 1 saturated carbocycles. The quantitative estimate of drug-likeness (QED) is 0.903. The molecule has 1 aromatic carbocycles. The number of piperidine rings is 1. The van der Waals surface area contributed by atoms with Crippen molar-refractivity contribution in [3.8, 4) is 0 Å². The number of fused-ring (bicyclic) bond motifs is 2. The average Bonchev–Trinajstić information content (AvgIpc) is 2.89. The molecular formula is C13H17BrN2. The fourth-order valence-electron chi connectivity index (χ4n) is 3.41. The lowest BCUT2D eigenvalue weighted by Gasteiger charge is -2.36. The predicted octanol–water partition coefficient (Wildman–Crippen LogP) is 2.77. The summed E-state index contributed by atoms with van der Waals surface area (Å²) >= 11 is 3.48. The number of rotatable bonds is 2. The summed E-state index contributed by atoms with van der Waals surface area (Å²) in [4.78, 5) is 2.56. The number of nitrogens with two attached hydrogens (primary N) is 1. The summed E-state index contributed by atoms with van der Waals surface area (Å²) in [5.41, 5.74) is 7.27. The molecule has 3 atom stereocenters. The largest absolute Gasteiger partial charge is 0.364 e. The van der Waals surface area contributed by atoms with Crippen LogP contribution < -0.4 is 10.6 Å². The third kappa shape index (κ3) is 1.57. The summed E-state index contributed by atoms with van der Waals surface area (Å²) in [6, 6.07) is 9.95. The fraction of sp³-hybridized carbons (Fsp3) is 0.538. The van der Waals surface area contributed by atoms with Crippen LogP contribution in [0.1, 0.15) is 19.3 Å². The second-order valence-electron chi connectivity index (χ2n) is 4.91. The zero-order valence-electron chi connectivity index (χ0n) is 9.27. The Morgan fingerprint density at radius 3 is 2.69 bits per heavy atom. The lowest BCUT2D eigenvalue weighted by atomic mass is 9.98. The van der Waals surface area contributed by atoms with E-state index in [1.165, 1.54) is 24.9 Å². The lowest BCUT2D eigenvalue weighted by molar-refractivity contribution is 0.435. The Morgan fingerprint density at radius 2 is 2.00 bits per heavy atom. The van der Waals surface area contributed by atoms with Gasteiger partial charge in [-0.3, -0.25) is 0 Å². The minimum Gasteiger partial charge on any atom is -0.364 e. The summed E-state index contributed by atoms with van der Waals surface area (Å²) in [6.07, 6.45) is 4.06. The molecule has 0 radical (unpaired) electrons. The molecule has 3 heteroatoms. The van der Waals surface area contributed by atoms with Crippen molar-refractivity contribution in [3.63, 3.8) is 0 Å². The summed E-state index contributed by atoms with van der Waals surface area (Å²) in [6.45, 7) is 0.789. The zero-order chi connectivity index (χ0) is 11.1. The molecule has 86 valence electrons. The van der Waals surface area contributed by atoms with Crippen LogP contribution >= 0.6 is 15.9 Å². The van der Waals surface area contributed by atoms with E-state index in [0.29, 0.717) is 6.04 Å². The van der Waals surface area contributed by atoms with E-state index in [2.05, 4.69) is 45.1 Å². The van der Waals surface area contributed by atoms with Crippen LogP contribution in [0.3, 0.4) is 0 Å². The maximum atomic E-state index is 5.93. The molecule has 2 fully saturated rings. The van der Waals surface area contributed by atoms with Crippen molar-refractivity contribution in [1.82, 2.24) is 0 Å². The third-order valence-corrected chi connectivity index (χ3v) is 4.64. The van der Waals surface area contributed by atoms with Crippen molar-refractivity contribution >= 4 is 21.6 Å². The van der Waals surface area contributed by atoms with Gasteiger partial charge in [-0.2, -0.15) is 0 Å². The van der Waals surface area contributed by atoms with Gasteiger partial charge in [0, 0.05) is 28.8 Å². The van der Waals surface area contributed by atoms with Gasteiger partial charge in [-0.15, -0.1) is 0 Å². The molecule has 0 aromatic heterocycles. The summed E-state index contributed by atoms with van der Waals surface area (Å²) in [5.74, 6) is 0.832. The minimum atomic E-state index is 0.569. The second-order valence-corrected chi connectivity index (χ2v) is 5.83. The number of hydrogen-bond acceptors (Lipinski definition) is 2. The van der Waals surface area contributed by atoms with Gasteiger partial charge < -0.3 is 10.6 Å². The Labute approximate surface area is 105 Å². The molecule has 1 aromatic rings. The monoisotopic (exact) mass is 280 g/mol. The number of benzene rings is 1. The zero-order valence-corrected chi connectivity index (χ0v) is 10.9. The van der Waals surface area contributed by atoms with Crippen LogP contribution in [0.5, 0.6) is 0 Å². The molecule has 2 N–H and O–H groups in total. The van der Waals surface area contributed by atoms with Crippen LogP contribution in [0.4, 0.5) is 5.69 Å². The van der Waals surface area contributed by atoms with E-state index >= 15 is 0 Å². The molecule has 1 aliphatic carbocycles. The van der Waals surface area contributed by atoms with Gasteiger partial charge in [-0.25, -0.2) is 0 Å². The normalized spacial score (nSPS) is 32.4. The third-order valence-electron chi connectivity index (χ3n) is 4.11. The molecule has 0 spiro atoms. The SMILES string of the molecule is NCC1C2CCC(C2)N1c1ccc(Br)cc1. The van der Waals surface area contributed by atoms with E-state index in [9.17, 15) is 0 Å². The van der Waals surface area contributed by atoms with Gasteiger partial charge in [-0.1, -0.05) is 15.9 Å². The van der Waals surface area contributed by atoms with Gasteiger partial charge in [0.25, 0.3) is 0 Å². The van der Waals surface area contributed by atoms with Crippen LogP contribution in [-0.2, 0) is 0 Å². The first-order valence-electron chi connectivity index (χ1n) is 6.03. The van der Waals surface area contributed by atoms with Crippen LogP contribution in [0.2, 0.25) is 0 Å². The van der Waals surface area contributed by atoms with Gasteiger partial charge in [0.15, 0.2) is 0 Å². The molecule has 3 rings (SSSR count). The van der Waals surface area contributed by atoms with Crippen molar-refractivity contribution in [1.29, 1.82) is 0 Å². The van der Waals surface area contributed by atoms with Gasteiger partial charge in [-0.05, 0) is 49.4 Å². The van der Waals surface area contributed by atoms with E-state index in [4.69, 9.17) is 5.73 Å². The Morgan fingerprint density at radius 1 is 1.25 bits per heavy atom. The Balaban J connectivity index is 1.91. The smallest absolute Gasteiger partial charge is 0.0444 e. The Kier molecular flexibility index (Phi) is 2.68. The van der Waals surface area contributed by atoms with E-state index in [-0.39, 0.29) is 0 Å². The van der Waals surface area contributed by atoms with Crippen molar-refractivity contribution in [2.75, 3.05) is 11.4 Å². The molecule has 2 bridgehead atoms. The molecular weight excluding hydrogens is 264 g/mol. The molecule has 1 heterocycles. The highest BCUT2D eigenvalue weighted by Crippen LogP contribution is 2.44. The number of anilines is 1. The van der Waals surface area contributed by atoms with Crippen LogP contribution in [0.15, 0.2) is 28.7 Å². The van der Waals surface area contributed by atoms with Crippen LogP contribution in [-0.4, -0.2) is 18.6 Å². The Hall–Kier alpha value is -0.540. The highest BCUT2D eigenvalue weighted by atomic mass is 79.9. The molecule has 16 heavy (non-hydrogen) atoms. The summed E-state index contributed by atoms with van der Waals surface area (Å²) in [5, 5.41) is 0. The molecule has 1 saturated heterocycles. The highest BCUT2D eigenvalue weighted by Gasteiger charge is 2.44. The van der Waals surface area contributed by atoms with Gasteiger partial charge in [0.05, 0.1) is 0 Å². The second kappa shape index (κ2) is 4.04. The van der Waals surface area contributed by atoms with Crippen molar-refractivity contribution in [2.45, 2.75) is 31.3 Å². The van der Waals surface area contributed by atoms with Gasteiger partial charge in [0.1, 0.15) is 0 Å². The molecule has 0 amide bonds. The lowest BCUT2D eigenvalue weighted by Crippen LogP contribution is -2.45. The average molecular weight is 281 g/mol. The summed E-state index contributed by atoms with van der Waals surface area (Å²) in [7, 11) is 0. The number of halogens is 1. The van der Waals surface area contributed by atoms with E-state index in [0.717, 1.165) is 23.0 Å². The van der Waals surface area contributed by atoms with Crippen LogP contribution in [0.25, 0.3) is 0 Å². The van der Waals surface area contributed by atoms with E-state index in [1.54, 1.807) is 0 Å². The summed E-state index contributed by atoms with van der Waals surface area (Å²) < 4.78 is 1.14.